The Kier molecular flexibility index (Phi) is 4.29. The Morgan fingerprint density at radius 1 is 1.11 bits per heavy atom. The average Bonchev–Trinajstić information content (AvgIpc) is 2.40. The molecule has 1 atom stereocenters. The Balaban J connectivity index is 1.98. The Morgan fingerprint density at radius 2 is 1.74 bits per heavy atom. The fourth-order valence-corrected chi connectivity index (χ4v) is 1.98. The van der Waals surface area contributed by atoms with Gasteiger partial charge in [-0.15, -0.1) is 0 Å². The lowest BCUT2D eigenvalue weighted by Gasteiger charge is -2.15. The lowest BCUT2D eigenvalue weighted by molar-refractivity contribution is -0.121. The lowest BCUT2D eigenvalue weighted by atomic mass is 10.1. The highest BCUT2D eigenvalue weighted by Crippen LogP contribution is 2.16. The van der Waals surface area contributed by atoms with Crippen molar-refractivity contribution in [3.63, 3.8) is 0 Å². The van der Waals surface area contributed by atoms with Crippen LogP contribution in [0.15, 0.2) is 54.6 Å². The van der Waals surface area contributed by atoms with E-state index in [4.69, 9.17) is 0 Å². The number of rotatable bonds is 4. The highest BCUT2D eigenvalue weighted by molar-refractivity contribution is 5.78. The van der Waals surface area contributed by atoms with Gasteiger partial charge in [0, 0.05) is 5.56 Å². The van der Waals surface area contributed by atoms with E-state index in [2.05, 4.69) is 5.32 Å². The maximum atomic E-state index is 13.6. The molecule has 1 amide bonds. The zero-order chi connectivity index (χ0) is 13.7. The van der Waals surface area contributed by atoms with E-state index in [9.17, 15) is 9.18 Å². The standard InChI is InChI=1S/C16H16FNO/c1-12(14-9-5-6-10-15(14)17)18-16(19)11-13-7-3-2-4-8-13/h2-10,12H,11H2,1H3,(H,18,19)/t12-/m0/s1. The van der Waals surface area contributed by atoms with E-state index < -0.39 is 0 Å². The molecule has 0 aliphatic heterocycles. The van der Waals surface area contributed by atoms with Crippen LogP contribution in [-0.2, 0) is 11.2 Å². The van der Waals surface area contributed by atoms with Crippen LogP contribution < -0.4 is 5.32 Å². The minimum absolute atomic E-state index is 0.109. The van der Waals surface area contributed by atoms with E-state index in [1.807, 2.05) is 30.3 Å². The van der Waals surface area contributed by atoms with E-state index in [1.165, 1.54) is 6.07 Å². The molecule has 19 heavy (non-hydrogen) atoms. The Labute approximate surface area is 112 Å². The van der Waals surface area contributed by atoms with E-state index in [-0.39, 0.29) is 17.8 Å². The summed E-state index contributed by atoms with van der Waals surface area (Å²) in [6, 6.07) is 15.6. The first-order chi connectivity index (χ1) is 9.16. The van der Waals surface area contributed by atoms with Crippen LogP contribution in [0.4, 0.5) is 4.39 Å². The summed E-state index contributed by atoms with van der Waals surface area (Å²) in [7, 11) is 0. The van der Waals surface area contributed by atoms with Gasteiger partial charge in [0.05, 0.1) is 12.5 Å². The molecule has 0 bridgehead atoms. The van der Waals surface area contributed by atoms with Gasteiger partial charge in [-0.3, -0.25) is 4.79 Å². The number of hydrogen-bond donors (Lipinski definition) is 1. The summed E-state index contributed by atoms with van der Waals surface area (Å²) in [6.45, 7) is 1.78. The summed E-state index contributed by atoms with van der Waals surface area (Å²) in [5.41, 5.74) is 1.45. The number of amides is 1. The highest BCUT2D eigenvalue weighted by atomic mass is 19.1. The molecule has 0 spiro atoms. The first kappa shape index (κ1) is 13.3. The number of carbonyl (C=O) groups excluding carboxylic acids is 1. The molecule has 0 aromatic heterocycles. The van der Waals surface area contributed by atoms with Crippen molar-refractivity contribution in [1.29, 1.82) is 0 Å². The highest BCUT2D eigenvalue weighted by Gasteiger charge is 2.13. The van der Waals surface area contributed by atoms with E-state index in [0.717, 1.165) is 5.56 Å². The summed E-state index contributed by atoms with van der Waals surface area (Å²) in [5.74, 6) is -0.406. The molecular formula is C16H16FNO. The molecule has 0 aliphatic carbocycles. The quantitative estimate of drug-likeness (QED) is 0.895. The molecule has 2 aromatic carbocycles. The van der Waals surface area contributed by atoms with Crippen LogP contribution in [0.25, 0.3) is 0 Å². The van der Waals surface area contributed by atoms with Crippen molar-refractivity contribution in [1.82, 2.24) is 5.32 Å². The van der Waals surface area contributed by atoms with Crippen molar-refractivity contribution in [2.45, 2.75) is 19.4 Å². The first-order valence-electron chi connectivity index (χ1n) is 6.24. The van der Waals surface area contributed by atoms with Crippen LogP contribution in [0, 0.1) is 5.82 Å². The maximum Gasteiger partial charge on any atom is 0.224 e. The molecule has 0 radical (unpaired) electrons. The molecule has 2 aromatic rings. The molecule has 0 unspecified atom stereocenters. The van der Waals surface area contributed by atoms with Crippen molar-refractivity contribution in [3.8, 4) is 0 Å². The molecule has 0 saturated carbocycles. The van der Waals surface area contributed by atoms with Gasteiger partial charge in [0.25, 0.3) is 0 Å². The lowest BCUT2D eigenvalue weighted by Crippen LogP contribution is -2.28. The Morgan fingerprint density at radius 3 is 2.42 bits per heavy atom. The summed E-state index contributed by atoms with van der Waals surface area (Å²) in [4.78, 5) is 11.9. The fourth-order valence-electron chi connectivity index (χ4n) is 1.98. The molecule has 2 nitrogen and oxygen atoms in total. The van der Waals surface area contributed by atoms with Crippen molar-refractivity contribution in [3.05, 3.63) is 71.5 Å². The van der Waals surface area contributed by atoms with Gasteiger partial charge in [-0.05, 0) is 18.6 Å². The summed E-state index contributed by atoms with van der Waals surface area (Å²) >= 11 is 0. The third-order valence-electron chi connectivity index (χ3n) is 2.96. The average molecular weight is 257 g/mol. The van der Waals surface area contributed by atoms with Gasteiger partial charge in [0.15, 0.2) is 0 Å². The smallest absolute Gasteiger partial charge is 0.224 e. The maximum absolute atomic E-state index is 13.6. The van der Waals surface area contributed by atoms with Gasteiger partial charge in [-0.25, -0.2) is 4.39 Å². The molecule has 0 fully saturated rings. The molecule has 0 heterocycles. The van der Waals surface area contributed by atoms with Gasteiger partial charge in [0.2, 0.25) is 5.91 Å². The van der Waals surface area contributed by atoms with E-state index >= 15 is 0 Å². The van der Waals surface area contributed by atoms with Crippen LogP contribution in [0.2, 0.25) is 0 Å². The van der Waals surface area contributed by atoms with E-state index in [1.54, 1.807) is 25.1 Å². The predicted molar refractivity (Wildman–Crippen MR) is 73.1 cm³/mol. The van der Waals surface area contributed by atoms with Crippen molar-refractivity contribution >= 4 is 5.91 Å². The van der Waals surface area contributed by atoms with Crippen LogP contribution in [0.5, 0.6) is 0 Å². The first-order valence-corrected chi connectivity index (χ1v) is 6.24. The molecule has 3 heteroatoms. The van der Waals surface area contributed by atoms with Crippen molar-refractivity contribution in [2.24, 2.45) is 0 Å². The second-order valence-corrected chi connectivity index (χ2v) is 4.47. The summed E-state index contributed by atoms with van der Waals surface area (Å²) in [6.07, 6.45) is 0.305. The zero-order valence-corrected chi connectivity index (χ0v) is 10.8. The number of benzene rings is 2. The minimum Gasteiger partial charge on any atom is -0.349 e. The Bertz CT molecular complexity index is 554. The molecule has 2 rings (SSSR count). The normalized spacial score (nSPS) is 11.9. The second kappa shape index (κ2) is 6.14. The van der Waals surface area contributed by atoms with Gasteiger partial charge < -0.3 is 5.32 Å². The van der Waals surface area contributed by atoms with Gasteiger partial charge in [0.1, 0.15) is 5.82 Å². The molecular weight excluding hydrogens is 241 g/mol. The summed E-state index contributed by atoms with van der Waals surface area (Å²) < 4.78 is 13.6. The van der Waals surface area contributed by atoms with Gasteiger partial charge >= 0.3 is 0 Å². The van der Waals surface area contributed by atoms with E-state index in [0.29, 0.717) is 12.0 Å². The third kappa shape index (κ3) is 3.65. The zero-order valence-electron chi connectivity index (χ0n) is 10.8. The third-order valence-corrected chi connectivity index (χ3v) is 2.96. The van der Waals surface area contributed by atoms with Crippen molar-refractivity contribution in [2.75, 3.05) is 0 Å². The van der Waals surface area contributed by atoms with Crippen LogP contribution in [0.3, 0.4) is 0 Å². The molecule has 0 aliphatic rings. The van der Waals surface area contributed by atoms with Gasteiger partial charge in [-0.2, -0.15) is 0 Å². The SMILES string of the molecule is C[C@H](NC(=O)Cc1ccccc1)c1ccccc1F. The largest absolute Gasteiger partial charge is 0.349 e. The molecule has 98 valence electrons. The monoisotopic (exact) mass is 257 g/mol. The Hall–Kier alpha value is -2.16. The second-order valence-electron chi connectivity index (χ2n) is 4.47. The number of carbonyl (C=O) groups is 1. The molecule has 0 saturated heterocycles. The topological polar surface area (TPSA) is 29.1 Å². The number of halogens is 1. The van der Waals surface area contributed by atoms with Crippen LogP contribution in [0.1, 0.15) is 24.1 Å². The summed E-state index contributed by atoms with van der Waals surface area (Å²) in [5, 5.41) is 2.81. The fraction of sp³-hybridized carbons (Fsp3) is 0.188. The minimum atomic E-state index is -0.336. The van der Waals surface area contributed by atoms with Crippen molar-refractivity contribution < 1.29 is 9.18 Å². The number of nitrogens with one attached hydrogen (secondary N) is 1. The molecule has 1 N–H and O–H groups in total. The van der Waals surface area contributed by atoms with Gasteiger partial charge in [-0.1, -0.05) is 48.5 Å². The van der Waals surface area contributed by atoms with Crippen LogP contribution in [-0.4, -0.2) is 5.91 Å². The predicted octanol–water partition coefficient (Wildman–Crippen LogP) is 3.25. The van der Waals surface area contributed by atoms with Crippen LogP contribution >= 0.6 is 0 Å². The number of hydrogen-bond acceptors (Lipinski definition) is 1.